The van der Waals surface area contributed by atoms with E-state index >= 15 is 0 Å². The Hall–Kier alpha value is -1.22. The van der Waals surface area contributed by atoms with E-state index in [0.29, 0.717) is 18.2 Å². The Balaban J connectivity index is 1.89. The van der Waals surface area contributed by atoms with Gasteiger partial charge in [0.05, 0.1) is 6.54 Å². The van der Waals surface area contributed by atoms with Crippen LogP contribution < -0.4 is 0 Å². The second kappa shape index (κ2) is 6.10. The summed E-state index contributed by atoms with van der Waals surface area (Å²) in [6.07, 6.45) is 3.67. The molecule has 0 N–H and O–H groups in total. The van der Waals surface area contributed by atoms with Gasteiger partial charge in [0.2, 0.25) is 0 Å². The summed E-state index contributed by atoms with van der Waals surface area (Å²) in [6.45, 7) is 3.55. The molecule has 3 heteroatoms. The van der Waals surface area contributed by atoms with Crippen LogP contribution in [0.3, 0.4) is 0 Å². The average Bonchev–Trinajstić information content (AvgIpc) is 3.16. The first-order valence-electron chi connectivity index (χ1n) is 6.70. The Morgan fingerprint density at radius 2 is 2.11 bits per heavy atom. The maximum atomic E-state index is 13.4. The maximum absolute atomic E-state index is 13.4. The van der Waals surface area contributed by atoms with Crippen molar-refractivity contribution < 1.29 is 9.18 Å². The standard InChI is InChI=1S/C15H20FNO/c1-2-9-17(13-7-8-13)11-14(18)10-12-5-3-4-6-15(12)16/h3-6,13H,2,7-11H2,1H3. The Kier molecular flexibility index (Phi) is 4.48. The van der Waals surface area contributed by atoms with Crippen LogP contribution in [0.2, 0.25) is 0 Å². The number of ketones is 1. The monoisotopic (exact) mass is 249 g/mol. The van der Waals surface area contributed by atoms with E-state index in [1.54, 1.807) is 18.2 Å². The second-order valence-electron chi connectivity index (χ2n) is 5.01. The lowest BCUT2D eigenvalue weighted by molar-refractivity contribution is -0.119. The quantitative estimate of drug-likeness (QED) is 0.740. The van der Waals surface area contributed by atoms with Crippen LogP contribution in [0, 0.1) is 5.82 Å². The van der Waals surface area contributed by atoms with E-state index in [-0.39, 0.29) is 18.0 Å². The summed E-state index contributed by atoms with van der Waals surface area (Å²) in [4.78, 5) is 14.2. The molecule has 98 valence electrons. The van der Waals surface area contributed by atoms with Crippen molar-refractivity contribution in [3.8, 4) is 0 Å². The molecule has 0 saturated heterocycles. The molecular formula is C15H20FNO. The molecule has 0 bridgehead atoms. The van der Waals surface area contributed by atoms with Crippen LogP contribution >= 0.6 is 0 Å². The number of carbonyl (C=O) groups is 1. The van der Waals surface area contributed by atoms with Gasteiger partial charge in [0.15, 0.2) is 5.78 Å². The van der Waals surface area contributed by atoms with Crippen molar-refractivity contribution >= 4 is 5.78 Å². The van der Waals surface area contributed by atoms with Gasteiger partial charge in [-0.3, -0.25) is 9.69 Å². The van der Waals surface area contributed by atoms with Crippen molar-refractivity contribution in [2.45, 2.75) is 38.6 Å². The minimum Gasteiger partial charge on any atom is -0.298 e. The van der Waals surface area contributed by atoms with E-state index in [1.807, 2.05) is 0 Å². The third kappa shape index (κ3) is 3.64. The zero-order chi connectivity index (χ0) is 13.0. The molecule has 1 aromatic carbocycles. The molecule has 1 aliphatic rings. The van der Waals surface area contributed by atoms with Crippen molar-refractivity contribution in [3.63, 3.8) is 0 Å². The smallest absolute Gasteiger partial charge is 0.151 e. The van der Waals surface area contributed by atoms with Crippen LogP contribution in [0.1, 0.15) is 31.7 Å². The van der Waals surface area contributed by atoms with Crippen LogP contribution in [0.25, 0.3) is 0 Å². The van der Waals surface area contributed by atoms with Gasteiger partial charge in [0.1, 0.15) is 5.82 Å². The fraction of sp³-hybridized carbons (Fsp3) is 0.533. The van der Waals surface area contributed by atoms with Gasteiger partial charge in [0, 0.05) is 12.5 Å². The van der Waals surface area contributed by atoms with Crippen molar-refractivity contribution in [1.29, 1.82) is 0 Å². The molecule has 18 heavy (non-hydrogen) atoms. The van der Waals surface area contributed by atoms with Crippen molar-refractivity contribution in [1.82, 2.24) is 4.90 Å². The lowest BCUT2D eigenvalue weighted by Crippen LogP contribution is -2.33. The van der Waals surface area contributed by atoms with Crippen molar-refractivity contribution in [2.24, 2.45) is 0 Å². The zero-order valence-electron chi connectivity index (χ0n) is 10.9. The molecule has 2 nitrogen and oxygen atoms in total. The third-order valence-electron chi connectivity index (χ3n) is 3.30. The molecule has 0 amide bonds. The second-order valence-corrected chi connectivity index (χ2v) is 5.01. The molecule has 0 unspecified atom stereocenters. The van der Waals surface area contributed by atoms with Gasteiger partial charge < -0.3 is 0 Å². The number of nitrogens with zero attached hydrogens (tertiary/aromatic N) is 1. The highest BCUT2D eigenvalue weighted by Crippen LogP contribution is 2.26. The van der Waals surface area contributed by atoms with Gasteiger partial charge in [-0.1, -0.05) is 25.1 Å². The minimum atomic E-state index is -0.278. The van der Waals surface area contributed by atoms with Crippen molar-refractivity contribution in [2.75, 3.05) is 13.1 Å². The van der Waals surface area contributed by atoms with Crippen LogP contribution in [0.5, 0.6) is 0 Å². The maximum Gasteiger partial charge on any atom is 0.151 e. The van der Waals surface area contributed by atoms with Crippen LogP contribution in [-0.2, 0) is 11.2 Å². The molecule has 1 fully saturated rings. The Morgan fingerprint density at radius 1 is 1.39 bits per heavy atom. The zero-order valence-corrected chi connectivity index (χ0v) is 10.9. The van der Waals surface area contributed by atoms with Crippen LogP contribution in [-0.4, -0.2) is 29.8 Å². The summed E-state index contributed by atoms with van der Waals surface area (Å²) in [5, 5.41) is 0. The predicted molar refractivity (Wildman–Crippen MR) is 70.0 cm³/mol. The lowest BCUT2D eigenvalue weighted by Gasteiger charge is -2.20. The van der Waals surface area contributed by atoms with E-state index in [2.05, 4.69) is 11.8 Å². The molecule has 1 aliphatic carbocycles. The number of carbonyl (C=O) groups excluding carboxylic acids is 1. The molecule has 0 heterocycles. The first-order chi connectivity index (χ1) is 8.70. The van der Waals surface area contributed by atoms with E-state index < -0.39 is 0 Å². The summed E-state index contributed by atoms with van der Waals surface area (Å²) in [6, 6.07) is 7.12. The van der Waals surface area contributed by atoms with Gasteiger partial charge in [-0.25, -0.2) is 4.39 Å². The summed E-state index contributed by atoms with van der Waals surface area (Å²) >= 11 is 0. The third-order valence-corrected chi connectivity index (χ3v) is 3.30. The largest absolute Gasteiger partial charge is 0.298 e. The highest BCUT2D eigenvalue weighted by Gasteiger charge is 2.29. The van der Waals surface area contributed by atoms with Gasteiger partial charge >= 0.3 is 0 Å². The normalized spacial score (nSPS) is 15.1. The Labute approximate surface area is 108 Å². The number of rotatable bonds is 7. The summed E-state index contributed by atoms with van der Waals surface area (Å²) in [5.41, 5.74) is 0.509. The predicted octanol–water partition coefficient (Wildman–Crippen LogP) is 2.81. The molecule has 0 radical (unpaired) electrons. The molecule has 2 rings (SSSR count). The van der Waals surface area contributed by atoms with E-state index in [1.165, 1.54) is 18.9 Å². The van der Waals surface area contributed by atoms with Crippen LogP contribution in [0.4, 0.5) is 4.39 Å². The van der Waals surface area contributed by atoms with Gasteiger partial charge in [-0.05, 0) is 37.4 Å². The highest BCUT2D eigenvalue weighted by molar-refractivity contribution is 5.82. The minimum absolute atomic E-state index is 0.112. The Morgan fingerprint density at radius 3 is 2.72 bits per heavy atom. The molecule has 1 aromatic rings. The lowest BCUT2D eigenvalue weighted by atomic mass is 10.1. The summed E-state index contributed by atoms with van der Waals surface area (Å²) < 4.78 is 13.4. The van der Waals surface area contributed by atoms with Gasteiger partial charge in [-0.15, -0.1) is 0 Å². The number of hydrogen-bond donors (Lipinski definition) is 0. The Bertz CT molecular complexity index is 415. The summed E-state index contributed by atoms with van der Waals surface area (Å²) in [7, 11) is 0. The molecule has 0 spiro atoms. The van der Waals surface area contributed by atoms with E-state index in [9.17, 15) is 9.18 Å². The average molecular weight is 249 g/mol. The fourth-order valence-electron chi connectivity index (χ4n) is 2.25. The summed E-state index contributed by atoms with van der Waals surface area (Å²) in [5.74, 6) is -0.167. The fourth-order valence-corrected chi connectivity index (χ4v) is 2.25. The molecule has 0 aromatic heterocycles. The van der Waals surface area contributed by atoms with Gasteiger partial charge in [-0.2, -0.15) is 0 Å². The topological polar surface area (TPSA) is 20.3 Å². The first-order valence-corrected chi connectivity index (χ1v) is 6.70. The molecule has 1 saturated carbocycles. The molecule has 0 aliphatic heterocycles. The first kappa shape index (κ1) is 13.2. The molecular weight excluding hydrogens is 229 g/mol. The van der Waals surface area contributed by atoms with Crippen molar-refractivity contribution in [3.05, 3.63) is 35.6 Å². The number of halogens is 1. The number of hydrogen-bond acceptors (Lipinski definition) is 2. The molecule has 0 atom stereocenters. The van der Waals surface area contributed by atoms with E-state index in [4.69, 9.17) is 0 Å². The highest BCUT2D eigenvalue weighted by atomic mass is 19.1. The number of Topliss-reactive ketones (excluding diaryl/α,β-unsaturated/α-hetero) is 1. The van der Waals surface area contributed by atoms with Gasteiger partial charge in [0.25, 0.3) is 0 Å². The SMILES string of the molecule is CCCN(CC(=O)Cc1ccccc1F)C1CC1. The number of benzene rings is 1. The van der Waals surface area contributed by atoms with E-state index in [0.717, 1.165) is 13.0 Å². The van der Waals surface area contributed by atoms with Crippen LogP contribution in [0.15, 0.2) is 24.3 Å².